The van der Waals surface area contributed by atoms with Crippen LogP contribution in [0.1, 0.15) is 59.3 Å². The SMILES string of the molecule is COC(=O)C(O)[C@H](CC1CCCCC1)NC(=O)OC(C)(C)C. The third kappa shape index (κ3) is 6.64. The van der Waals surface area contributed by atoms with E-state index in [9.17, 15) is 14.7 Å². The Hall–Kier alpha value is -1.30. The molecule has 6 nitrogen and oxygen atoms in total. The van der Waals surface area contributed by atoms with Gasteiger partial charge >= 0.3 is 12.1 Å². The van der Waals surface area contributed by atoms with Gasteiger partial charge in [0.25, 0.3) is 0 Å². The van der Waals surface area contributed by atoms with E-state index in [4.69, 9.17) is 4.74 Å². The van der Waals surface area contributed by atoms with Crippen LogP contribution in [0.3, 0.4) is 0 Å². The van der Waals surface area contributed by atoms with Crippen molar-refractivity contribution in [1.29, 1.82) is 0 Å². The van der Waals surface area contributed by atoms with Crippen molar-refractivity contribution in [3.8, 4) is 0 Å². The van der Waals surface area contributed by atoms with E-state index < -0.39 is 29.8 Å². The van der Waals surface area contributed by atoms with Gasteiger partial charge in [0.05, 0.1) is 13.2 Å². The van der Waals surface area contributed by atoms with Crippen molar-refractivity contribution < 1.29 is 24.2 Å². The van der Waals surface area contributed by atoms with Crippen molar-refractivity contribution in [3.05, 3.63) is 0 Å². The number of methoxy groups -OCH3 is 1. The fraction of sp³-hybridized carbons (Fsp3) is 0.875. The Labute approximate surface area is 132 Å². The number of aliphatic hydroxyl groups is 1. The van der Waals surface area contributed by atoms with Gasteiger partial charge in [0.1, 0.15) is 5.60 Å². The molecular weight excluding hydrogens is 286 g/mol. The van der Waals surface area contributed by atoms with E-state index in [1.165, 1.54) is 13.5 Å². The van der Waals surface area contributed by atoms with Crippen LogP contribution in [-0.4, -0.2) is 42.0 Å². The fourth-order valence-corrected chi connectivity index (χ4v) is 2.79. The number of hydrogen-bond donors (Lipinski definition) is 2. The first kappa shape index (κ1) is 18.7. The van der Waals surface area contributed by atoms with Crippen LogP contribution in [0.5, 0.6) is 0 Å². The number of nitrogens with one attached hydrogen (secondary N) is 1. The predicted octanol–water partition coefficient (Wildman–Crippen LogP) is 2.38. The topological polar surface area (TPSA) is 84.9 Å². The Kier molecular flexibility index (Phi) is 7.13. The number of esters is 1. The molecule has 0 spiro atoms. The Balaban J connectivity index is 2.68. The lowest BCUT2D eigenvalue weighted by molar-refractivity contribution is -0.152. The third-order valence-electron chi connectivity index (χ3n) is 3.84. The molecular formula is C16H29NO5. The quantitative estimate of drug-likeness (QED) is 0.761. The van der Waals surface area contributed by atoms with E-state index in [-0.39, 0.29) is 0 Å². The lowest BCUT2D eigenvalue weighted by Crippen LogP contribution is -2.49. The molecule has 1 aliphatic rings. The lowest BCUT2D eigenvalue weighted by Gasteiger charge is -2.30. The maximum Gasteiger partial charge on any atom is 0.407 e. The Morgan fingerprint density at radius 3 is 2.32 bits per heavy atom. The molecule has 1 saturated carbocycles. The van der Waals surface area contributed by atoms with Gasteiger partial charge in [-0.2, -0.15) is 0 Å². The smallest absolute Gasteiger partial charge is 0.407 e. The van der Waals surface area contributed by atoms with Crippen LogP contribution in [0.15, 0.2) is 0 Å². The molecule has 1 unspecified atom stereocenters. The van der Waals surface area contributed by atoms with E-state index >= 15 is 0 Å². The fourth-order valence-electron chi connectivity index (χ4n) is 2.79. The minimum absolute atomic E-state index is 0.396. The summed E-state index contributed by atoms with van der Waals surface area (Å²) in [6.45, 7) is 5.29. The zero-order valence-electron chi connectivity index (χ0n) is 14.1. The van der Waals surface area contributed by atoms with Crippen LogP contribution >= 0.6 is 0 Å². The number of amides is 1. The van der Waals surface area contributed by atoms with Crippen molar-refractivity contribution in [1.82, 2.24) is 5.32 Å². The predicted molar refractivity (Wildman–Crippen MR) is 82.4 cm³/mol. The van der Waals surface area contributed by atoms with Crippen molar-refractivity contribution in [3.63, 3.8) is 0 Å². The number of aliphatic hydroxyl groups excluding tert-OH is 1. The zero-order valence-corrected chi connectivity index (χ0v) is 14.1. The van der Waals surface area contributed by atoms with E-state index in [1.807, 2.05) is 0 Å². The molecule has 0 aromatic heterocycles. The number of rotatable bonds is 5. The van der Waals surface area contributed by atoms with Gasteiger partial charge in [-0.15, -0.1) is 0 Å². The first-order valence-electron chi connectivity index (χ1n) is 7.98. The number of hydrogen-bond acceptors (Lipinski definition) is 5. The molecule has 1 rings (SSSR count). The molecule has 0 saturated heterocycles. The lowest BCUT2D eigenvalue weighted by atomic mass is 9.83. The molecule has 1 aliphatic carbocycles. The average molecular weight is 315 g/mol. The molecule has 0 aromatic rings. The largest absolute Gasteiger partial charge is 0.467 e. The average Bonchev–Trinajstić information content (AvgIpc) is 2.44. The molecule has 128 valence electrons. The summed E-state index contributed by atoms with van der Waals surface area (Å²) in [5, 5.41) is 12.7. The first-order valence-corrected chi connectivity index (χ1v) is 7.98. The summed E-state index contributed by atoms with van der Waals surface area (Å²) in [7, 11) is 1.22. The van der Waals surface area contributed by atoms with Gasteiger partial charge in [-0.25, -0.2) is 9.59 Å². The van der Waals surface area contributed by atoms with Gasteiger partial charge in [0, 0.05) is 0 Å². The van der Waals surface area contributed by atoms with Gasteiger partial charge in [0.2, 0.25) is 0 Å². The Bertz CT molecular complexity index is 371. The highest BCUT2D eigenvalue weighted by Crippen LogP contribution is 2.28. The molecule has 22 heavy (non-hydrogen) atoms. The van der Waals surface area contributed by atoms with E-state index in [2.05, 4.69) is 10.1 Å². The first-order chi connectivity index (χ1) is 10.2. The summed E-state index contributed by atoms with van der Waals surface area (Å²) in [6.07, 6.45) is 4.18. The van der Waals surface area contributed by atoms with Gasteiger partial charge < -0.3 is 19.9 Å². The Morgan fingerprint density at radius 2 is 1.82 bits per heavy atom. The number of carbonyl (C=O) groups is 2. The summed E-state index contributed by atoms with van der Waals surface area (Å²) >= 11 is 0. The molecule has 0 bridgehead atoms. The van der Waals surface area contributed by atoms with Crippen LogP contribution in [0.4, 0.5) is 4.79 Å². The second kappa shape index (κ2) is 8.36. The van der Waals surface area contributed by atoms with Gasteiger partial charge in [-0.3, -0.25) is 0 Å². The highest BCUT2D eigenvalue weighted by molar-refractivity contribution is 5.76. The number of alkyl carbamates (subject to hydrolysis) is 1. The van der Waals surface area contributed by atoms with Crippen molar-refractivity contribution in [2.45, 2.75) is 77.0 Å². The minimum atomic E-state index is -1.38. The van der Waals surface area contributed by atoms with E-state index in [0.29, 0.717) is 12.3 Å². The van der Waals surface area contributed by atoms with Crippen LogP contribution in [-0.2, 0) is 14.3 Å². The summed E-state index contributed by atoms with van der Waals surface area (Å²) < 4.78 is 9.79. The van der Waals surface area contributed by atoms with E-state index in [1.54, 1.807) is 20.8 Å². The molecule has 2 N–H and O–H groups in total. The molecule has 1 amide bonds. The summed E-state index contributed by atoms with van der Waals surface area (Å²) in [4.78, 5) is 23.5. The highest BCUT2D eigenvalue weighted by Gasteiger charge is 2.32. The van der Waals surface area contributed by atoms with E-state index in [0.717, 1.165) is 25.7 Å². The third-order valence-corrected chi connectivity index (χ3v) is 3.84. The monoisotopic (exact) mass is 315 g/mol. The number of carbonyl (C=O) groups excluding carboxylic acids is 2. The highest BCUT2D eigenvalue weighted by atomic mass is 16.6. The number of ether oxygens (including phenoxy) is 2. The molecule has 0 aliphatic heterocycles. The normalized spacial score (nSPS) is 19.1. The maximum absolute atomic E-state index is 11.9. The Morgan fingerprint density at radius 1 is 1.23 bits per heavy atom. The molecule has 6 heteroatoms. The second-order valence-corrected chi connectivity index (χ2v) is 6.96. The minimum Gasteiger partial charge on any atom is -0.467 e. The molecule has 0 heterocycles. The zero-order chi connectivity index (χ0) is 16.8. The van der Waals surface area contributed by atoms with Crippen molar-refractivity contribution >= 4 is 12.1 Å². The summed E-state index contributed by atoms with van der Waals surface area (Å²) in [5.41, 5.74) is -0.629. The maximum atomic E-state index is 11.9. The summed E-state index contributed by atoms with van der Waals surface area (Å²) in [5.74, 6) is -0.343. The molecule has 2 atom stereocenters. The standard InChI is InChI=1S/C16H29NO5/c1-16(2,3)22-15(20)17-12(13(18)14(19)21-4)10-11-8-6-5-7-9-11/h11-13,18H,5-10H2,1-4H3,(H,17,20)/t12-,13?/m0/s1. The van der Waals surface area contributed by atoms with Gasteiger partial charge in [-0.05, 0) is 33.1 Å². The van der Waals surface area contributed by atoms with Crippen LogP contribution in [0, 0.1) is 5.92 Å². The van der Waals surface area contributed by atoms with Crippen LogP contribution in [0.2, 0.25) is 0 Å². The summed E-state index contributed by atoms with van der Waals surface area (Å²) in [6, 6.07) is -0.689. The van der Waals surface area contributed by atoms with Crippen LogP contribution < -0.4 is 5.32 Å². The van der Waals surface area contributed by atoms with Crippen LogP contribution in [0.25, 0.3) is 0 Å². The van der Waals surface area contributed by atoms with Gasteiger partial charge in [-0.1, -0.05) is 32.1 Å². The van der Waals surface area contributed by atoms with Gasteiger partial charge in [0.15, 0.2) is 6.10 Å². The van der Waals surface area contributed by atoms with Crippen molar-refractivity contribution in [2.75, 3.05) is 7.11 Å². The molecule has 0 aromatic carbocycles. The molecule has 1 fully saturated rings. The molecule has 0 radical (unpaired) electrons. The van der Waals surface area contributed by atoms with Crippen molar-refractivity contribution in [2.24, 2.45) is 5.92 Å². The second-order valence-electron chi connectivity index (χ2n) is 6.96.